The topological polar surface area (TPSA) is 114 Å². The summed E-state index contributed by atoms with van der Waals surface area (Å²) in [5, 5.41) is 4.63. The Kier molecular flexibility index (Phi) is 8.22. The van der Waals surface area contributed by atoms with E-state index in [9.17, 15) is 40.7 Å². The summed E-state index contributed by atoms with van der Waals surface area (Å²) in [5.41, 5.74) is 6.00. The Morgan fingerprint density at radius 2 is 1.75 bits per heavy atom. The molecule has 7 nitrogen and oxygen atoms in total. The number of nitrogens with zero attached hydrogens (tertiary/aromatic N) is 1. The molecule has 1 heterocycles. The second-order valence-electron chi connectivity index (χ2n) is 10.0. The first-order chi connectivity index (χ1) is 18.7. The second kappa shape index (κ2) is 11.3. The van der Waals surface area contributed by atoms with Gasteiger partial charge in [-0.2, -0.15) is 13.2 Å². The highest BCUT2D eigenvalue weighted by Crippen LogP contribution is 2.46. The number of benzodiazepines with no additional fused rings is 1. The number of hydrogen-bond donors (Lipinski definition) is 3. The van der Waals surface area contributed by atoms with E-state index in [4.69, 9.17) is 5.73 Å². The van der Waals surface area contributed by atoms with Crippen LogP contribution in [-0.2, 0) is 14.4 Å². The number of benzene rings is 2. The molecule has 214 valence electrons. The van der Waals surface area contributed by atoms with Crippen molar-refractivity contribution in [2.24, 2.45) is 28.5 Å². The standard InChI is InChI=1S/C27H26F6N4O3/c28-19-8-4-7-17-20(15-5-2-1-3-6-15)35-23(25(40)36-21(17)19)37-24(39)16(9-10-27(31,32)33)18(22(34)38)11-14-12-26(29,30)13-14/h1-8,14,16,18,23H,9-13H2,(H2,34,38)(H,36,40)(H,37,39)/t16-,18+,23-/m1/s1. The van der Waals surface area contributed by atoms with E-state index in [-0.39, 0.29) is 23.4 Å². The highest BCUT2D eigenvalue weighted by Gasteiger charge is 2.48. The third kappa shape index (κ3) is 6.80. The van der Waals surface area contributed by atoms with E-state index in [1.807, 2.05) is 0 Å². The molecule has 0 saturated heterocycles. The molecular weight excluding hydrogens is 542 g/mol. The molecule has 0 bridgehead atoms. The van der Waals surface area contributed by atoms with Crippen LogP contribution in [-0.4, -0.2) is 41.7 Å². The van der Waals surface area contributed by atoms with Gasteiger partial charge in [-0.3, -0.25) is 14.4 Å². The van der Waals surface area contributed by atoms with Crippen LogP contribution < -0.4 is 16.4 Å². The van der Waals surface area contributed by atoms with E-state index in [1.54, 1.807) is 30.3 Å². The zero-order valence-corrected chi connectivity index (χ0v) is 21.0. The van der Waals surface area contributed by atoms with E-state index in [2.05, 4.69) is 15.6 Å². The van der Waals surface area contributed by atoms with Crippen molar-refractivity contribution in [2.75, 3.05) is 5.32 Å². The number of nitrogens with one attached hydrogen (secondary N) is 2. The Morgan fingerprint density at radius 1 is 1.07 bits per heavy atom. The molecule has 2 aromatic rings. The predicted octanol–water partition coefficient (Wildman–Crippen LogP) is 4.55. The normalized spacial score (nSPS) is 20.2. The van der Waals surface area contributed by atoms with E-state index in [1.165, 1.54) is 12.1 Å². The van der Waals surface area contributed by atoms with Gasteiger partial charge in [0.15, 0.2) is 0 Å². The van der Waals surface area contributed by atoms with Gasteiger partial charge >= 0.3 is 6.18 Å². The van der Waals surface area contributed by atoms with Crippen LogP contribution in [0.5, 0.6) is 0 Å². The Balaban J connectivity index is 1.66. The molecule has 40 heavy (non-hydrogen) atoms. The fourth-order valence-electron chi connectivity index (χ4n) is 5.09. The number of aliphatic imine (C=N–C) groups is 1. The third-order valence-corrected chi connectivity index (χ3v) is 7.04. The smallest absolute Gasteiger partial charge is 0.369 e. The summed E-state index contributed by atoms with van der Waals surface area (Å²) in [7, 11) is 0. The number of para-hydroxylation sites is 1. The minimum atomic E-state index is -4.69. The summed E-state index contributed by atoms with van der Waals surface area (Å²) < 4.78 is 80.8. The van der Waals surface area contributed by atoms with Crippen molar-refractivity contribution in [3.63, 3.8) is 0 Å². The predicted molar refractivity (Wildman–Crippen MR) is 133 cm³/mol. The minimum Gasteiger partial charge on any atom is -0.369 e. The quantitative estimate of drug-likeness (QED) is 0.386. The van der Waals surface area contributed by atoms with Gasteiger partial charge < -0.3 is 16.4 Å². The number of carbonyl (C=O) groups excluding carboxylic acids is 3. The van der Waals surface area contributed by atoms with E-state index >= 15 is 0 Å². The van der Waals surface area contributed by atoms with Gasteiger partial charge in [-0.15, -0.1) is 0 Å². The minimum absolute atomic E-state index is 0.119. The molecule has 0 unspecified atom stereocenters. The molecule has 13 heteroatoms. The largest absolute Gasteiger partial charge is 0.389 e. The van der Waals surface area contributed by atoms with Crippen LogP contribution in [0.3, 0.4) is 0 Å². The van der Waals surface area contributed by atoms with E-state index in [0.29, 0.717) is 5.56 Å². The number of carbonyl (C=O) groups is 3. The molecule has 3 atom stereocenters. The Bertz CT molecular complexity index is 1310. The van der Waals surface area contributed by atoms with Crippen molar-refractivity contribution in [3.05, 3.63) is 65.5 Å². The molecule has 2 aliphatic rings. The van der Waals surface area contributed by atoms with Gasteiger partial charge in [-0.25, -0.2) is 18.2 Å². The van der Waals surface area contributed by atoms with Crippen LogP contribution in [0.15, 0.2) is 53.5 Å². The zero-order valence-electron chi connectivity index (χ0n) is 21.0. The van der Waals surface area contributed by atoms with Crippen LogP contribution in [0, 0.1) is 23.6 Å². The van der Waals surface area contributed by atoms with Gasteiger partial charge in [-0.1, -0.05) is 42.5 Å². The molecule has 1 aliphatic carbocycles. The summed E-state index contributed by atoms with van der Waals surface area (Å²) in [6.07, 6.45) is -10.2. The molecule has 2 aromatic carbocycles. The molecule has 1 fully saturated rings. The average molecular weight is 569 g/mol. The van der Waals surface area contributed by atoms with Crippen LogP contribution in [0.4, 0.5) is 32.0 Å². The number of alkyl halides is 5. The highest BCUT2D eigenvalue weighted by atomic mass is 19.4. The van der Waals surface area contributed by atoms with Crippen molar-refractivity contribution in [1.29, 1.82) is 0 Å². The van der Waals surface area contributed by atoms with Gasteiger partial charge in [0.25, 0.3) is 5.91 Å². The van der Waals surface area contributed by atoms with Gasteiger partial charge in [-0.05, 0) is 24.8 Å². The van der Waals surface area contributed by atoms with Crippen molar-refractivity contribution >= 4 is 29.1 Å². The molecular formula is C27H26F6N4O3. The van der Waals surface area contributed by atoms with Gasteiger partial charge in [0.05, 0.1) is 11.4 Å². The lowest BCUT2D eigenvalue weighted by Gasteiger charge is -2.38. The molecule has 0 spiro atoms. The number of rotatable bonds is 9. The SMILES string of the molecule is NC(=O)[C@@H](CC1CC(F)(F)C1)[C@@H](CCC(F)(F)F)C(=O)N[C@H]1N=C(c2ccccc2)c2cccc(F)c2NC1=O. The van der Waals surface area contributed by atoms with Crippen LogP contribution in [0.2, 0.25) is 0 Å². The first-order valence-corrected chi connectivity index (χ1v) is 12.5. The molecule has 4 N–H and O–H groups in total. The number of anilines is 1. The summed E-state index contributed by atoms with van der Waals surface area (Å²) >= 11 is 0. The molecule has 1 saturated carbocycles. The van der Waals surface area contributed by atoms with Crippen molar-refractivity contribution in [2.45, 2.75) is 50.4 Å². The van der Waals surface area contributed by atoms with E-state index in [0.717, 1.165) is 6.07 Å². The highest BCUT2D eigenvalue weighted by molar-refractivity contribution is 6.20. The first kappa shape index (κ1) is 29.1. The number of halogens is 6. The second-order valence-corrected chi connectivity index (χ2v) is 10.0. The van der Waals surface area contributed by atoms with Crippen molar-refractivity contribution in [3.8, 4) is 0 Å². The van der Waals surface area contributed by atoms with Gasteiger partial charge in [0.1, 0.15) is 5.82 Å². The number of nitrogens with two attached hydrogens (primary N) is 1. The number of primary amides is 1. The average Bonchev–Trinajstić information content (AvgIpc) is 2.99. The lowest BCUT2D eigenvalue weighted by atomic mass is 9.72. The Hall–Kier alpha value is -3.90. The summed E-state index contributed by atoms with van der Waals surface area (Å²) in [6, 6.07) is 12.3. The first-order valence-electron chi connectivity index (χ1n) is 12.5. The Labute approximate surface area is 225 Å². The molecule has 4 rings (SSSR count). The van der Waals surface area contributed by atoms with Crippen LogP contribution in [0.25, 0.3) is 0 Å². The van der Waals surface area contributed by atoms with Gasteiger partial charge in [0, 0.05) is 42.2 Å². The number of fused-ring (bicyclic) bond motifs is 1. The Morgan fingerprint density at radius 3 is 2.35 bits per heavy atom. The number of amides is 3. The van der Waals surface area contributed by atoms with Crippen molar-refractivity contribution < 1.29 is 40.7 Å². The van der Waals surface area contributed by atoms with E-state index < -0.39 is 85.2 Å². The molecule has 0 radical (unpaired) electrons. The maximum absolute atomic E-state index is 14.7. The summed E-state index contributed by atoms with van der Waals surface area (Å²) in [4.78, 5) is 43.0. The molecule has 1 aliphatic heterocycles. The lowest BCUT2D eigenvalue weighted by molar-refractivity contribution is -0.149. The zero-order chi connectivity index (χ0) is 29.2. The fraction of sp³-hybridized carbons (Fsp3) is 0.407. The van der Waals surface area contributed by atoms with Gasteiger partial charge in [0.2, 0.25) is 23.9 Å². The molecule has 0 aromatic heterocycles. The summed E-state index contributed by atoms with van der Waals surface area (Å²) in [6.45, 7) is 0. The fourth-order valence-corrected chi connectivity index (χ4v) is 5.09. The summed E-state index contributed by atoms with van der Waals surface area (Å²) in [5.74, 6) is -10.9. The van der Waals surface area contributed by atoms with Crippen LogP contribution in [0.1, 0.15) is 43.2 Å². The maximum atomic E-state index is 14.7. The lowest BCUT2D eigenvalue weighted by Crippen LogP contribution is -2.49. The maximum Gasteiger partial charge on any atom is 0.389 e. The number of hydrogen-bond acceptors (Lipinski definition) is 4. The molecule has 3 amide bonds. The van der Waals surface area contributed by atoms with Crippen molar-refractivity contribution in [1.82, 2.24) is 5.32 Å². The third-order valence-electron chi connectivity index (χ3n) is 7.04. The van der Waals surface area contributed by atoms with Crippen LogP contribution >= 0.6 is 0 Å². The monoisotopic (exact) mass is 568 g/mol.